The van der Waals surface area contributed by atoms with E-state index in [1.165, 1.54) is 0 Å². The molecule has 0 aliphatic carbocycles. The summed E-state index contributed by atoms with van der Waals surface area (Å²) in [5.74, 6) is -0.336. The van der Waals surface area contributed by atoms with Crippen LogP contribution in [0.3, 0.4) is 0 Å². The van der Waals surface area contributed by atoms with Gasteiger partial charge in [-0.2, -0.15) is 0 Å². The molecule has 0 bridgehead atoms. The Morgan fingerprint density at radius 2 is 2.05 bits per heavy atom. The minimum Gasteiger partial charge on any atom is -0.497 e. The van der Waals surface area contributed by atoms with Gasteiger partial charge in [0.25, 0.3) is 0 Å². The summed E-state index contributed by atoms with van der Waals surface area (Å²) in [5, 5.41) is 13.4. The molecule has 0 spiro atoms. The molecule has 7 heteroatoms. The fourth-order valence-electron chi connectivity index (χ4n) is 1.86. The van der Waals surface area contributed by atoms with Gasteiger partial charge in [-0.3, -0.25) is 4.79 Å². The maximum atomic E-state index is 11.5. The molecule has 21 heavy (non-hydrogen) atoms. The predicted octanol–water partition coefficient (Wildman–Crippen LogP) is 0.682. The number of carboxylic acids is 1. The van der Waals surface area contributed by atoms with Crippen molar-refractivity contribution in [1.82, 2.24) is 15.5 Å². The summed E-state index contributed by atoms with van der Waals surface area (Å²) in [5.41, 5.74) is 0.998. The molecule has 1 unspecified atom stereocenters. The normalized spacial score (nSPS) is 11.8. The number of hydrogen-bond acceptors (Lipinski definition) is 4. The number of nitrogens with one attached hydrogen (secondary N) is 2. The van der Waals surface area contributed by atoms with Crippen molar-refractivity contribution in [3.63, 3.8) is 0 Å². The molecular weight excluding hydrogens is 274 g/mol. The number of amides is 2. The van der Waals surface area contributed by atoms with Gasteiger partial charge >= 0.3 is 12.0 Å². The van der Waals surface area contributed by atoms with E-state index in [0.29, 0.717) is 6.54 Å². The zero-order chi connectivity index (χ0) is 15.8. The van der Waals surface area contributed by atoms with Crippen LogP contribution in [0.1, 0.15) is 11.6 Å². The lowest BCUT2D eigenvalue weighted by atomic mass is 10.1. The maximum absolute atomic E-state index is 11.5. The van der Waals surface area contributed by atoms with Crippen LogP contribution in [-0.4, -0.2) is 56.3 Å². The number of urea groups is 1. The SMILES string of the molecule is COc1cccc(C(CNC(=O)NCC(=O)O)N(C)C)c1. The van der Waals surface area contributed by atoms with E-state index in [1.54, 1.807) is 7.11 Å². The Hall–Kier alpha value is -2.28. The van der Waals surface area contributed by atoms with Crippen molar-refractivity contribution < 1.29 is 19.4 Å². The van der Waals surface area contributed by atoms with Gasteiger partial charge in [0.1, 0.15) is 12.3 Å². The van der Waals surface area contributed by atoms with Crippen molar-refractivity contribution in [2.75, 3.05) is 34.3 Å². The molecule has 0 saturated carbocycles. The molecule has 0 heterocycles. The van der Waals surface area contributed by atoms with Crippen LogP contribution in [0.15, 0.2) is 24.3 Å². The fraction of sp³-hybridized carbons (Fsp3) is 0.429. The van der Waals surface area contributed by atoms with Gasteiger partial charge in [0.15, 0.2) is 0 Å². The van der Waals surface area contributed by atoms with E-state index in [2.05, 4.69) is 10.6 Å². The largest absolute Gasteiger partial charge is 0.497 e. The number of nitrogens with zero attached hydrogens (tertiary/aromatic N) is 1. The standard InChI is InChI=1S/C14H21N3O4/c1-17(2)12(8-15-14(20)16-9-13(18)19)10-5-4-6-11(7-10)21-3/h4-7,12H,8-9H2,1-3H3,(H,18,19)(H2,15,16,20). The Balaban J connectivity index is 2.65. The average Bonchev–Trinajstić information content (AvgIpc) is 2.45. The topological polar surface area (TPSA) is 90.9 Å². The molecule has 1 aromatic carbocycles. The van der Waals surface area contributed by atoms with E-state index >= 15 is 0 Å². The third-order valence-corrected chi connectivity index (χ3v) is 2.96. The van der Waals surface area contributed by atoms with E-state index in [4.69, 9.17) is 9.84 Å². The molecule has 1 aromatic rings. The summed E-state index contributed by atoms with van der Waals surface area (Å²) in [7, 11) is 5.41. The number of likely N-dealkylation sites (N-methyl/N-ethyl adjacent to an activating group) is 1. The van der Waals surface area contributed by atoms with Crippen molar-refractivity contribution in [2.24, 2.45) is 0 Å². The number of methoxy groups -OCH3 is 1. The number of hydrogen-bond donors (Lipinski definition) is 3. The lowest BCUT2D eigenvalue weighted by molar-refractivity contribution is -0.135. The Morgan fingerprint density at radius 1 is 1.33 bits per heavy atom. The number of aliphatic carboxylic acids is 1. The summed E-state index contributed by atoms with van der Waals surface area (Å²) >= 11 is 0. The second-order valence-electron chi connectivity index (χ2n) is 4.71. The van der Waals surface area contributed by atoms with Gasteiger partial charge in [-0.1, -0.05) is 12.1 Å². The minimum atomic E-state index is -1.08. The molecule has 1 atom stereocenters. The van der Waals surface area contributed by atoms with Crippen molar-refractivity contribution in [1.29, 1.82) is 0 Å². The summed E-state index contributed by atoms with van der Waals surface area (Å²) in [4.78, 5) is 23.8. The Bertz CT molecular complexity index is 491. The van der Waals surface area contributed by atoms with E-state index < -0.39 is 18.5 Å². The van der Waals surface area contributed by atoms with Crippen molar-refractivity contribution in [3.8, 4) is 5.75 Å². The molecule has 2 amide bonds. The smallest absolute Gasteiger partial charge is 0.323 e. The summed E-state index contributed by atoms with van der Waals surface area (Å²) in [6.07, 6.45) is 0. The number of carbonyl (C=O) groups is 2. The Labute approximate surface area is 123 Å². The quantitative estimate of drug-likeness (QED) is 0.688. The first-order valence-corrected chi connectivity index (χ1v) is 6.48. The second kappa shape index (κ2) is 8.11. The van der Waals surface area contributed by atoms with Crippen molar-refractivity contribution in [3.05, 3.63) is 29.8 Å². The van der Waals surface area contributed by atoms with Crippen LogP contribution in [0.4, 0.5) is 4.79 Å². The number of ether oxygens (including phenoxy) is 1. The van der Waals surface area contributed by atoms with Crippen LogP contribution < -0.4 is 15.4 Å². The monoisotopic (exact) mass is 295 g/mol. The number of carbonyl (C=O) groups excluding carboxylic acids is 1. The molecule has 1 rings (SSSR count). The highest BCUT2D eigenvalue weighted by molar-refractivity contribution is 5.79. The Morgan fingerprint density at radius 3 is 2.62 bits per heavy atom. The molecule has 7 nitrogen and oxygen atoms in total. The molecule has 0 fully saturated rings. The molecule has 0 saturated heterocycles. The van der Waals surface area contributed by atoms with Crippen LogP contribution in [0.5, 0.6) is 5.75 Å². The second-order valence-corrected chi connectivity index (χ2v) is 4.71. The minimum absolute atomic E-state index is 0.0457. The van der Waals surface area contributed by atoms with Crippen LogP contribution in [0.25, 0.3) is 0 Å². The van der Waals surface area contributed by atoms with Gasteiger partial charge < -0.3 is 25.4 Å². The molecule has 0 radical (unpaired) electrons. The first-order valence-electron chi connectivity index (χ1n) is 6.48. The van der Waals surface area contributed by atoms with E-state index in [1.807, 2.05) is 43.3 Å². The zero-order valence-electron chi connectivity index (χ0n) is 12.4. The molecule has 0 aliphatic rings. The Kier molecular flexibility index (Phi) is 6.48. The van der Waals surface area contributed by atoms with E-state index in [0.717, 1.165) is 11.3 Å². The zero-order valence-corrected chi connectivity index (χ0v) is 12.4. The van der Waals surface area contributed by atoms with Crippen molar-refractivity contribution in [2.45, 2.75) is 6.04 Å². The summed E-state index contributed by atoms with van der Waals surface area (Å²) in [6, 6.07) is 7.03. The van der Waals surface area contributed by atoms with Gasteiger partial charge in [0, 0.05) is 6.54 Å². The van der Waals surface area contributed by atoms with Crippen LogP contribution >= 0.6 is 0 Å². The maximum Gasteiger partial charge on any atom is 0.323 e. The molecular formula is C14H21N3O4. The highest BCUT2D eigenvalue weighted by Crippen LogP contribution is 2.21. The van der Waals surface area contributed by atoms with Crippen LogP contribution in [0, 0.1) is 0 Å². The van der Waals surface area contributed by atoms with Crippen molar-refractivity contribution >= 4 is 12.0 Å². The lowest BCUT2D eigenvalue weighted by Gasteiger charge is -2.25. The highest BCUT2D eigenvalue weighted by Gasteiger charge is 2.16. The average molecular weight is 295 g/mol. The lowest BCUT2D eigenvalue weighted by Crippen LogP contribution is -2.42. The third kappa shape index (κ3) is 5.70. The van der Waals surface area contributed by atoms with Crippen LogP contribution in [0.2, 0.25) is 0 Å². The summed E-state index contributed by atoms with van der Waals surface area (Å²) in [6.45, 7) is -0.0523. The van der Waals surface area contributed by atoms with Gasteiger partial charge in [-0.05, 0) is 31.8 Å². The molecule has 0 aliphatic heterocycles. The molecule has 116 valence electrons. The number of benzene rings is 1. The first-order chi connectivity index (χ1) is 9.93. The summed E-state index contributed by atoms with van der Waals surface area (Å²) < 4.78 is 5.19. The third-order valence-electron chi connectivity index (χ3n) is 2.96. The molecule has 0 aromatic heterocycles. The molecule has 3 N–H and O–H groups in total. The van der Waals surface area contributed by atoms with Gasteiger partial charge in [-0.25, -0.2) is 4.79 Å². The number of carboxylic acid groups (broad SMARTS) is 1. The van der Waals surface area contributed by atoms with Crippen LogP contribution in [-0.2, 0) is 4.79 Å². The highest BCUT2D eigenvalue weighted by atomic mass is 16.5. The predicted molar refractivity (Wildman–Crippen MR) is 78.5 cm³/mol. The first kappa shape index (κ1) is 16.8. The van der Waals surface area contributed by atoms with E-state index in [-0.39, 0.29) is 6.04 Å². The van der Waals surface area contributed by atoms with E-state index in [9.17, 15) is 9.59 Å². The van der Waals surface area contributed by atoms with Gasteiger partial charge in [0.05, 0.1) is 13.2 Å². The van der Waals surface area contributed by atoms with Gasteiger partial charge in [-0.15, -0.1) is 0 Å². The number of rotatable bonds is 7. The fourth-order valence-corrected chi connectivity index (χ4v) is 1.86. The van der Waals surface area contributed by atoms with Gasteiger partial charge in [0.2, 0.25) is 0 Å².